The van der Waals surface area contributed by atoms with Gasteiger partial charge in [-0.1, -0.05) is 60.7 Å². The highest BCUT2D eigenvalue weighted by molar-refractivity contribution is 5.81. The lowest BCUT2D eigenvalue weighted by Crippen LogP contribution is -2.30. The number of rotatable bonds is 8. The van der Waals surface area contributed by atoms with Gasteiger partial charge in [0.05, 0.1) is 6.10 Å². The predicted molar refractivity (Wildman–Crippen MR) is 89.8 cm³/mol. The molecule has 0 bridgehead atoms. The second-order valence-electron chi connectivity index (χ2n) is 5.38. The molecule has 2 N–H and O–H groups in total. The van der Waals surface area contributed by atoms with Crippen LogP contribution in [-0.2, 0) is 9.53 Å². The highest BCUT2D eigenvalue weighted by Crippen LogP contribution is 2.16. The molecule has 2 aromatic rings. The second kappa shape index (κ2) is 9.08. The molecule has 0 aliphatic carbocycles. The van der Waals surface area contributed by atoms with Crippen LogP contribution in [0.5, 0.6) is 0 Å². The van der Waals surface area contributed by atoms with E-state index in [0.717, 1.165) is 5.56 Å². The van der Waals surface area contributed by atoms with E-state index in [9.17, 15) is 9.90 Å². The van der Waals surface area contributed by atoms with E-state index in [2.05, 4.69) is 5.32 Å². The number of aliphatic hydroxyl groups excluding tert-OH is 1. The zero-order valence-electron chi connectivity index (χ0n) is 13.3. The number of ether oxygens (including phenoxy) is 1. The van der Waals surface area contributed by atoms with Crippen LogP contribution in [0.2, 0.25) is 0 Å². The fourth-order valence-electron chi connectivity index (χ4n) is 2.25. The Kier molecular flexibility index (Phi) is 6.78. The molecule has 0 fully saturated rings. The standard InChI is InChI=1S/C19H23NO3/c1-15(16-9-4-2-5-10-16)23-14-8-13-20-19(22)18(21)17-11-6-3-7-12-17/h2-7,9-12,15,18,21H,8,13-14H2,1H3,(H,20,22). The van der Waals surface area contributed by atoms with Crippen LogP contribution in [0.4, 0.5) is 0 Å². The van der Waals surface area contributed by atoms with Crippen LogP contribution in [0.25, 0.3) is 0 Å². The summed E-state index contributed by atoms with van der Waals surface area (Å²) in [6.07, 6.45) is -0.396. The van der Waals surface area contributed by atoms with E-state index in [-0.39, 0.29) is 12.0 Å². The maximum atomic E-state index is 11.9. The summed E-state index contributed by atoms with van der Waals surface area (Å²) in [6, 6.07) is 18.9. The van der Waals surface area contributed by atoms with Gasteiger partial charge in [-0.05, 0) is 24.5 Å². The zero-order valence-corrected chi connectivity index (χ0v) is 13.3. The van der Waals surface area contributed by atoms with Crippen molar-refractivity contribution in [2.24, 2.45) is 0 Å². The first-order chi connectivity index (χ1) is 11.2. The number of carbonyl (C=O) groups excluding carboxylic acids is 1. The van der Waals surface area contributed by atoms with Crippen molar-refractivity contribution in [3.8, 4) is 0 Å². The van der Waals surface area contributed by atoms with Crippen molar-refractivity contribution in [3.05, 3.63) is 71.8 Å². The number of hydrogen-bond donors (Lipinski definition) is 2. The number of aliphatic hydroxyl groups is 1. The molecule has 0 aromatic heterocycles. The highest BCUT2D eigenvalue weighted by Gasteiger charge is 2.16. The molecule has 2 atom stereocenters. The average Bonchev–Trinajstić information content (AvgIpc) is 2.62. The number of hydrogen-bond acceptors (Lipinski definition) is 3. The number of nitrogens with one attached hydrogen (secondary N) is 1. The van der Waals surface area contributed by atoms with Crippen molar-refractivity contribution >= 4 is 5.91 Å². The third kappa shape index (κ3) is 5.51. The van der Waals surface area contributed by atoms with Gasteiger partial charge in [-0.3, -0.25) is 4.79 Å². The summed E-state index contributed by atoms with van der Waals surface area (Å²) in [5.41, 5.74) is 1.73. The quantitative estimate of drug-likeness (QED) is 0.737. The molecule has 0 spiro atoms. The summed E-state index contributed by atoms with van der Waals surface area (Å²) in [4.78, 5) is 11.9. The molecule has 4 heteroatoms. The topological polar surface area (TPSA) is 58.6 Å². The van der Waals surface area contributed by atoms with E-state index in [1.807, 2.05) is 43.3 Å². The average molecular weight is 313 g/mol. The van der Waals surface area contributed by atoms with Crippen LogP contribution >= 0.6 is 0 Å². The van der Waals surface area contributed by atoms with E-state index < -0.39 is 6.10 Å². The molecule has 0 saturated heterocycles. The Bertz CT molecular complexity index is 586. The molecule has 2 unspecified atom stereocenters. The maximum absolute atomic E-state index is 11.9. The molecule has 2 aromatic carbocycles. The Morgan fingerprint density at radius 3 is 2.22 bits per heavy atom. The molecule has 23 heavy (non-hydrogen) atoms. The molecular weight excluding hydrogens is 290 g/mol. The monoisotopic (exact) mass is 313 g/mol. The van der Waals surface area contributed by atoms with Crippen molar-refractivity contribution in [2.75, 3.05) is 13.2 Å². The van der Waals surface area contributed by atoms with E-state index in [0.29, 0.717) is 25.1 Å². The van der Waals surface area contributed by atoms with Gasteiger partial charge in [-0.2, -0.15) is 0 Å². The molecule has 0 saturated carbocycles. The van der Waals surface area contributed by atoms with Crippen molar-refractivity contribution in [3.63, 3.8) is 0 Å². The minimum absolute atomic E-state index is 0.0295. The molecule has 0 radical (unpaired) electrons. The predicted octanol–water partition coefficient (Wildman–Crippen LogP) is 3.00. The third-order valence-corrected chi connectivity index (χ3v) is 3.62. The lowest BCUT2D eigenvalue weighted by Gasteiger charge is -2.14. The van der Waals surface area contributed by atoms with Crippen LogP contribution in [0, 0.1) is 0 Å². The number of benzene rings is 2. The smallest absolute Gasteiger partial charge is 0.253 e. The number of amides is 1. The summed E-state index contributed by atoms with van der Waals surface area (Å²) in [6.45, 7) is 3.04. The van der Waals surface area contributed by atoms with Crippen molar-refractivity contribution in [1.82, 2.24) is 5.32 Å². The first kappa shape index (κ1) is 17.2. The van der Waals surface area contributed by atoms with Gasteiger partial charge in [0.25, 0.3) is 5.91 Å². The van der Waals surface area contributed by atoms with E-state index in [1.54, 1.807) is 24.3 Å². The first-order valence-corrected chi connectivity index (χ1v) is 7.85. The van der Waals surface area contributed by atoms with E-state index in [4.69, 9.17) is 4.74 Å². The van der Waals surface area contributed by atoms with Gasteiger partial charge in [-0.15, -0.1) is 0 Å². The van der Waals surface area contributed by atoms with Crippen LogP contribution in [-0.4, -0.2) is 24.2 Å². The van der Waals surface area contributed by atoms with Gasteiger partial charge < -0.3 is 15.2 Å². The van der Waals surface area contributed by atoms with Crippen molar-refractivity contribution < 1.29 is 14.6 Å². The maximum Gasteiger partial charge on any atom is 0.253 e. The van der Waals surface area contributed by atoms with Gasteiger partial charge in [0, 0.05) is 13.2 Å². The minimum Gasteiger partial charge on any atom is -0.378 e. The molecule has 122 valence electrons. The minimum atomic E-state index is -1.12. The third-order valence-electron chi connectivity index (χ3n) is 3.62. The Morgan fingerprint density at radius 1 is 1.04 bits per heavy atom. The SMILES string of the molecule is CC(OCCCNC(=O)C(O)c1ccccc1)c1ccccc1. The fourth-order valence-corrected chi connectivity index (χ4v) is 2.25. The normalized spacial score (nSPS) is 13.3. The van der Waals surface area contributed by atoms with Gasteiger partial charge in [0.1, 0.15) is 0 Å². The second-order valence-corrected chi connectivity index (χ2v) is 5.38. The Hall–Kier alpha value is -2.17. The van der Waals surface area contributed by atoms with Crippen LogP contribution in [0.3, 0.4) is 0 Å². The Labute approximate surface area is 137 Å². The highest BCUT2D eigenvalue weighted by atomic mass is 16.5. The molecule has 2 rings (SSSR count). The molecule has 0 aliphatic rings. The summed E-state index contributed by atoms with van der Waals surface area (Å²) >= 11 is 0. The summed E-state index contributed by atoms with van der Waals surface area (Å²) in [7, 11) is 0. The van der Waals surface area contributed by atoms with Crippen LogP contribution in [0.1, 0.15) is 36.7 Å². The number of carbonyl (C=O) groups is 1. The Morgan fingerprint density at radius 2 is 1.61 bits per heavy atom. The largest absolute Gasteiger partial charge is 0.378 e. The lowest BCUT2D eigenvalue weighted by molar-refractivity contribution is -0.129. The molecule has 4 nitrogen and oxygen atoms in total. The van der Waals surface area contributed by atoms with Gasteiger partial charge >= 0.3 is 0 Å². The molecular formula is C19H23NO3. The van der Waals surface area contributed by atoms with Crippen molar-refractivity contribution in [1.29, 1.82) is 0 Å². The van der Waals surface area contributed by atoms with Gasteiger partial charge in [0.15, 0.2) is 6.10 Å². The van der Waals surface area contributed by atoms with Crippen LogP contribution in [0.15, 0.2) is 60.7 Å². The van der Waals surface area contributed by atoms with Crippen molar-refractivity contribution in [2.45, 2.75) is 25.6 Å². The molecule has 0 aliphatic heterocycles. The van der Waals surface area contributed by atoms with Gasteiger partial charge in [-0.25, -0.2) is 0 Å². The van der Waals surface area contributed by atoms with Crippen LogP contribution < -0.4 is 5.32 Å². The lowest BCUT2D eigenvalue weighted by atomic mass is 10.1. The fraction of sp³-hybridized carbons (Fsp3) is 0.316. The van der Waals surface area contributed by atoms with E-state index in [1.165, 1.54) is 0 Å². The molecule has 1 amide bonds. The zero-order chi connectivity index (χ0) is 16.5. The summed E-state index contributed by atoms with van der Waals surface area (Å²) < 4.78 is 5.74. The van der Waals surface area contributed by atoms with Gasteiger partial charge in [0.2, 0.25) is 0 Å². The Balaban J connectivity index is 1.64. The summed E-state index contributed by atoms with van der Waals surface area (Å²) in [5.74, 6) is -0.382. The summed E-state index contributed by atoms with van der Waals surface area (Å²) in [5, 5.41) is 12.7. The first-order valence-electron chi connectivity index (χ1n) is 7.85. The van der Waals surface area contributed by atoms with E-state index >= 15 is 0 Å². The molecule has 0 heterocycles.